The van der Waals surface area contributed by atoms with E-state index in [4.69, 9.17) is 4.98 Å². The highest BCUT2D eigenvalue weighted by Gasteiger charge is 2.45. The molecule has 2 amide bonds. The topological polar surface area (TPSA) is 67.2 Å². The number of anilines is 2. The molecule has 2 aliphatic rings. The highest BCUT2D eigenvalue weighted by atomic mass is 32.2. The first kappa shape index (κ1) is 21.9. The van der Waals surface area contributed by atoms with E-state index in [2.05, 4.69) is 16.8 Å². The summed E-state index contributed by atoms with van der Waals surface area (Å²) < 4.78 is 2.35. The van der Waals surface area contributed by atoms with E-state index in [0.717, 1.165) is 16.5 Å². The van der Waals surface area contributed by atoms with E-state index in [-0.39, 0.29) is 17.1 Å². The van der Waals surface area contributed by atoms with Gasteiger partial charge < -0.3 is 9.88 Å². The molecule has 166 valence electrons. The number of fused-ring (bicyclic) bond motifs is 1. The molecule has 31 heavy (non-hydrogen) atoms. The lowest BCUT2D eigenvalue weighted by Crippen LogP contribution is -2.60. The van der Waals surface area contributed by atoms with Gasteiger partial charge in [-0.15, -0.1) is 0 Å². The number of carbonyl (C=O) groups is 2. The predicted molar refractivity (Wildman–Crippen MR) is 126 cm³/mol. The minimum atomic E-state index is -0.967. The van der Waals surface area contributed by atoms with E-state index in [1.807, 2.05) is 38.1 Å². The third kappa shape index (κ3) is 3.88. The Balaban J connectivity index is 1.64. The molecule has 1 unspecified atom stereocenters. The van der Waals surface area contributed by atoms with E-state index in [1.54, 1.807) is 18.7 Å². The Labute approximate surface area is 188 Å². The molecule has 0 bridgehead atoms. The van der Waals surface area contributed by atoms with Crippen LogP contribution in [-0.2, 0) is 9.59 Å². The summed E-state index contributed by atoms with van der Waals surface area (Å²) in [5.41, 5.74) is 2.67. The van der Waals surface area contributed by atoms with Crippen LogP contribution in [0.1, 0.15) is 70.3 Å². The Morgan fingerprint density at radius 2 is 1.87 bits per heavy atom. The Morgan fingerprint density at radius 3 is 2.58 bits per heavy atom. The van der Waals surface area contributed by atoms with Crippen molar-refractivity contribution >= 4 is 35.0 Å². The zero-order valence-corrected chi connectivity index (χ0v) is 19.9. The second kappa shape index (κ2) is 8.34. The predicted octanol–water partition coefficient (Wildman–Crippen LogP) is 5.25. The zero-order chi connectivity index (χ0) is 22.3. The number of benzene rings is 1. The third-order valence-electron chi connectivity index (χ3n) is 6.65. The van der Waals surface area contributed by atoms with Gasteiger partial charge in [0.25, 0.3) is 0 Å². The van der Waals surface area contributed by atoms with Gasteiger partial charge in [0.15, 0.2) is 5.16 Å². The van der Waals surface area contributed by atoms with Crippen LogP contribution in [0, 0.1) is 13.8 Å². The number of aryl methyl sites for hydroxylation is 1. The number of amides is 2. The number of hydrogen-bond acceptors (Lipinski definition) is 4. The first-order valence-electron chi connectivity index (χ1n) is 11.2. The Morgan fingerprint density at radius 1 is 1.19 bits per heavy atom. The fraction of sp³-hybridized carbons (Fsp3) is 0.542. The van der Waals surface area contributed by atoms with E-state index in [9.17, 15) is 9.59 Å². The van der Waals surface area contributed by atoms with Crippen molar-refractivity contribution in [2.75, 3.05) is 10.2 Å². The summed E-state index contributed by atoms with van der Waals surface area (Å²) in [7, 11) is 0. The van der Waals surface area contributed by atoms with Crippen molar-refractivity contribution in [3.63, 3.8) is 0 Å². The SMILES string of the molecule is Cc1nc(SC(C)C(=O)N2c3ccccc3NC(=O)C2(C)C)n(C2CCCCC2)c1C. The number of carbonyl (C=O) groups excluding carboxylic acids is 2. The molecule has 4 rings (SSSR count). The van der Waals surface area contributed by atoms with E-state index in [0.29, 0.717) is 11.7 Å². The van der Waals surface area contributed by atoms with Gasteiger partial charge in [0.2, 0.25) is 11.8 Å². The van der Waals surface area contributed by atoms with Crippen molar-refractivity contribution in [2.45, 2.75) is 88.7 Å². The van der Waals surface area contributed by atoms with Gasteiger partial charge in [-0.1, -0.05) is 43.2 Å². The monoisotopic (exact) mass is 440 g/mol. The van der Waals surface area contributed by atoms with Crippen LogP contribution < -0.4 is 10.2 Å². The number of thioether (sulfide) groups is 1. The van der Waals surface area contributed by atoms with Crippen LogP contribution >= 0.6 is 11.8 Å². The van der Waals surface area contributed by atoms with Crippen molar-refractivity contribution in [3.8, 4) is 0 Å². The van der Waals surface area contributed by atoms with E-state index >= 15 is 0 Å². The van der Waals surface area contributed by atoms with Gasteiger partial charge >= 0.3 is 0 Å². The van der Waals surface area contributed by atoms with Gasteiger partial charge in [-0.2, -0.15) is 0 Å². The number of imidazole rings is 1. The van der Waals surface area contributed by atoms with Gasteiger partial charge in [-0.25, -0.2) is 4.98 Å². The molecule has 6 nitrogen and oxygen atoms in total. The summed E-state index contributed by atoms with van der Waals surface area (Å²) in [6.45, 7) is 9.68. The fourth-order valence-electron chi connectivity index (χ4n) is 4.69. The van der Waals surface area contributed by atoms with Crippen LogP contribution in [0.5, 0.6) is 0 Å². The fourth-order valence-corrected chi connectivity index (χ4v) is 5.80. The molecule has 7 heteroatoms. The molecule has 1 aromatic carbocycles. The highest BCUT2D eigenvalue weighted by molar-refractivity contribution is 8.00. The molecule has 0 radical (unpaired) electrons. The molecule has 1 atom stereocenters. The summed E-state index contributed by atoms with van der Waals surface area (Å²) in [5.74, 6) is -0.252. The Kier molecular flexibility index (Phi) is 5.90. The van der Waals surface area contributed by atoms with Gasteiger partial charge in [-0.05, 0) is 59.6 Å². The van der Waals surface area contributed by atoms with Crippen molar-refractivity contribution in [1.29, 1.82) is 0 Å². The van der Waals surface area contributed by atoms with Crippen molar-refractivity contribution in [1.82, 2.24) is 9.55 Å². The molecule has 1 aliphatic carbocycles. The van der Waals surface area contributed by atoms with Crippen molar-refractivity contribution < 1.29 is 9.59 Å². The number of para-hydroxylation sites is 2. The van der Waals surface area contributed by atoms with Crippen LogP contribution in [0.2, 0.25) is 0 Å². The maximum Gasteiger partial charge on any atom is 0.250 e. The van der Waals surface area contributed by atoms with Crippen LogP contribution in [-0.4, -0.2) is 32.2 Å². The molecule has 1 aromatic heterocycles. The number of nitrogens with one attached hydrogen (secondary N) is 1. The number of nitrogens with zero attached hydrogens (tertiary/aromatic N) is 3. The lowest BCUT2D eigenvalue weighted by atomic mass is 9.95. The third-order valence-corrected chi connectivity index (χ3v) is 7.71. The highest BCUT2D eigenvalue weighted by Crippen LogP contribution is 2.40. The number of rotatable bonds is 4. The summed E-state index contributed by atoms with van der Waals surface area (Å²) in [6.07, 6.45) is 6.12. The second-order valence-corrected chi connectivity index (χ2v) is 10.5. The van der Waals surface area contributed by atoms with Crippen molar-refractivity contribution in [3.05, 3.63) is 35.7 Å². The van der Waals surface area contributed by atoms with Gasteiger partial charge in [0, 0.05) is 11.7 Å². The molecular formula is C24H32N4O2S. The van der Waals surface area contributed by atoms with Crippen LogP contribution in [0.15, 0.2) is 29.4 Å². The van der Waals surface area contributed by atoms with E-state index < -0.39 is 5.54 Å². The lowest BCUT2D eigenvalue weighted by Gasteiger charge is -2.43. The quantitative estimate of drug-likeness (QED) is 0.660. The smallest absolute Gasteiger partial charge is 0.250 e. The Bertz CT molecular complexity index is 1010. The molecule has 2 aromatic rings. The standard InChI is InChI=1S/C24H32N4O2S/c1-15-16(2)27(18-11-7-6-8-12-18)23(25-15)31-17(3)21(29)28-20-14-10-9-13-19(20)26-22(30)24(28,4)5/h9-10,13-14,17-18H,6-8,11-12H2,1-5H3,(H,26,30). The Hall–Kier alpha value is -2.28. The maximum atomic E-state index is 13.7. The van der Waals surface area contributed by atoms with Gasteiger partial charge in [-0.3, -0.25) is 14.5 Å². The first-order chi connectivity index (χ1) is 14.7. The summed E-state index contributed by atoms with van der Waals surface area (Å²) >= 11 is 1.51. The minimum absolute atomic E-state index is 0.0780. The minimum Gasteiger partial charge on any atom is -0.322 e. The molecule has 0 spiro atoms. The summed E-state index contributed by atoms with van der Waals surface area (Å²) in [6, 6.07) is 7.95. The molecule has 2 heterocycles. The average Bonchev–Trinajstić information content (AvgIpc) is 3.02. The molecule has 1 fully saturated rings. The van der Waals surface area contributed by atoms with Gasteiger partial charge in [0.05, 0.1) is 22.3 Å². The van der Waals surface area contributed by atoms with Crippen LogP contribution in [0.25, 0.3) is 0 Å². The second-order valence-electron chi connectivity index (χ2n) is 9.19. The lowest BCUT2D eigenvalue weighted by molar-refractivity contribution is -0.126. The molecule has 1 N–H and O–H groups in total. The molecular weight excluding hydrogens is 408 g/mol. The molecule has 1 saturated carbocycles. The van der Waals surface area contributed by atoms with E-state index in [1.165, 1.54) is 49.6 Å². The summed E-state index contributed by atoms with van der Waals surface area (Å²) in [4.78, 5) is 32.9. The molecule has 1 aliphatic heterocycles. The van der Waals surface area contributed by atoms with Crippen LogP contribution in [0.3, 0.4) is 0 Å². The number of aromatic nitrogens is 2. The number of hydrogen-bond donors (Lipinski definition) is 1. The van der Waals surface area contributed by atoms with Crippen molar-refractivity contribution in [2.24, 2.45) is 0 Å². The van der Waals surface area contributed by atoms with Gasteiger partial charge in [0.1, 0.15) is 5.54 Å². The molecule has 0 saturated heterocycles. The first-order valence-corrected chi connectivity index (χ1v) is 12.1. The largest absolute Gasteiger partial charge is 0.322 e. The normalized spacial score (nSPS) is 19.6. The zero-order valence-electron chi connectivity index (χ0n) is 19.1. The average molecular weight is 441 g/mol. The van der Waals surface area contributed by atoms with Crippen LogP contribution in [0.4, 0.5) is 11.4 Å². The summed E-state index contributed by atoms with van der Waals surface area (Å²) in [5, 5.41) is 3.47. The maximum absolute atomic E-state index is 13.7.